The van der Waals surface area contributed by atoms with Crippen LogP contribution in [-0.2, 0) is 16.6 Å². The molecule has 5 N–H and O–H groups in total. The predicted octanol–water partition coefficient (Wildman–Crippen LogP) is 0.815. The summed E-state index contributed by atoms with van der Waals surface area (Å²) >= 11 is 5.84. The van der Waals surface area contributed by atoms with E-state index in [0.717, 1.165) is 23.9 Å². The van der Waals surface area contributed by atoms with E-state index in [0.29, 0.717) is 5.02 Å². The van der Waals surface area contributed by atoms with Crippen LogP contribution in [0.15, 0.2) is 52.3 Å². The predicted molar refractivity (Wildman–Crippen MR) is 133 cm³/mol. The summed E-state index contributed by atoms with van der Waals surface area (Å²) in [6.07, 6.45) is 1.09. The lowest BCUT2D eigenvalue weighted by molar-refractivity contribution is 0.0949. The summed E-state index contributed by atoms with van der Waals surface area (Å²) in [5.74, 6) is -1.68. The third-order valence-corrected chi connectivity index (χ3v) is 7.11. The fourth-order valence-electron chi connectivity index (χ4n) is 3.56. The number of sulfonamides is 1. The Bertz CT molecular complexity index is 1380. The second-order valence-electron chi connectivity index (χ2n) is 7.85. The number of pyridine rings is 1. The van der Waals surface area contributed by atoms with Crippen molar-refractivity contribution in [3.63, 3.8) is 0 Å². The van der Waals surface area contributed by atoms with Gasteiger partial charge in [0.25, 0.3) is 5.91 Å². The Morgan fingerprint density at radius 2 is 1.75 bits per heavy atom. The minimum Gasteiger partial charge on any atom is -0.395 e. The molecule has 13 heteroatoms. The highest BCUT2D eigenvalue weighted by Gasteiger charge is 2.22. The van der Waals surface area contributed by atoms with Crippen LogP contribution in [0, 0.1) is 5.82 Å². The molecule has 194 valence electrons. The number of benzene rings is 2. The molecular weight excluding hydrogens is 515 g/mol. The van der Waals surface area contributed by atoms with Crippen LogP contribution in [-0.4, -0.2) is 73.8 Å². The number of aliphatic hydroxyl groups is 2. The summed E-state index contributed by atoms with van der Waals surface area (Å²) in [7, 11) is -4.26. The quantitative estimate of drug-likeness (QED) is 0.228. The molecule has 0 aliphatic heterocycles. The number of nitrogens with one attached hydrogen (secondary N) is 3. The molecule has 3 rings (SSSR count). The third-order valence-electron chi connectivity index (χ3n) is 5.37. The number of halogens is 2. The maximum Gasteiger partial charge on any atom is 0.257 e. The number of H-pyrrole nitrogens is 1. The number of carbonyl (C=O) groups excluding carboxylic acids is 1. The van der Waals surface area contributed by atoms with Gasteiger partial charge < -0.3 is 20.5 Å². The summed E-state index contributed by atoms with van der Waals surface area (Å²) in [5, 5.41) is 21.0. The highest BCUT2D eigenvalue weighted by atomic mass is 35.5. The van der Waals surface area contributed by atoms with Gasteiger partial charge in [-0.25, -0.2) is 17.5 Å². The molecule has 36 heavy (non-hydrogen) atoms. The molecule has 10 nitrogen and oxygen atoms in total. The number of aromatic amines is 1. The van der Waals surface area contributed by atoms with Crippen molar-refractivity contribution in [3.05, 3.63) is 74.8 Å². The Kier molecular flexibility index (Phi) is 9.54. The van der Waals surface area contributed by atoms with Crippen LogP contribution in [0.4, 0.5) is 4.39 Å². The fourth-order valence-corrected chi connectivity index (χ4v) is 4.91. The standard InChI is InChI=1S/C23H26ClFN4O6S/c24-16-3-1-15(2-4-16)13-27-23(33)19-14-26-21-18(22(19)32)11-17(25)12-20(21)36(34,35)28-5-6-29(7-9-30)8-10-31/h1-4,11-12,14,28,30-31H,5-10,13H2,(H,26,32)(H,27,33). The number of aliphatic hydroxyl groups excluding tert-OH is 2. The maximum absolute atomic E-state index is 14.4. The summed E-state index contributed by atoms with van der Waals surface area (Å²) < 4.78 is 42.5. The first kappa shape index (κ1) is 27.7. The van der Waals surface area contributed by atoms with Crippen molar-refractivity contribution in [1.82, 2.24) is 19.9 Å². The van der Waals surface area contributed by atoms with Crippen LogP contribution in [0.25, 0.3) is 10.9 Å². The van der Waals surface area contributed by atoms with E-state index in [2.05, 4.69) is 15.0 Å². The van der Waals surface area contributed by atoms with Crippen molar-refractivity contribution in [3.8, 4) is 0 Å². The monoisotopic (exact) mass is 540 g/mol. The van der Waals surface area contributed by atoms with Gasteiger partial charge in [-0.2, -0.15) is 0 Å². The zero-order valence-corrected chi connectivity index (χ0v) is 20.7. The topological polar surface area (TPSA) is 152 Å². The Labute approximate surface area is 211 Å². The van der Waals surface area contributed by atoms with Crippen LogP contribution in [0.1, 0.15) is 15.9 Å². The van der Waals surface area contributed by atoms with Crippen molar-refractivity contribution in [1.29, 1.82) is 0 Å². The molecule has 1 heterocycles. The van der Waals surface area contributed by atoms with Gasteiger partial charge in [0, 0.05) is 43.9 Å². The van der Waals surface area contributed by atoms with E-state index < -0.39 is 32.1 Å². The summed E-state index contributed by atoms with van der Waals surface area (Å²) in [6, 6.07) is 8.37. The average molecular weight is 541 g/mol. The first-order valence-corrected chi connectivity index (χ1v) is 12.8. The Balaban J connectivity index is 1.83. The number of amides is 1. The molecule has 0 atom stereocenters. The van der Waals surface area contributed by atoms with E-state index in [4.69, 9.17) is 21.8 Å². The number of hydrogen-bond donors (Lipinski definition) is 5. The molecule has 3 aromatic rings. The van der Waals surface area contributed by atoms with Crippen LogP contribution in [0.3, 0.4) is 0 Å². The van der Waals surface area contributed by atoms with Crippen molar-refractivity contribution >= 4 is 38.4 Å². The second kappa shape index (κ2) is 12.4. The normalized spacial score (nSPS) is 11.8. The molecule has 0 aliphatic carbocycles. The van der Waals surface area contributed by atoms with Crippen LogP contribution in [0.5, 0.6) is 0 Å². The number of nitrogens with zero attached hydrogens (tertiary/aromatic N) is 1. The number of fused-ring (bicyclic) bond motifs is 1. The summed E-state index contributed by atoms with van der Waals surface area (Å²) in [4.78, 5) is 29.4. The minimum atomic E-state index is -4.26. The van der Waals surface area contributed by atoms with E-state index in [1.165, 1.54) is 0 Å². The number of carbonyl (C=O) groups is 1. The van der Waals surface area contributed by atoms with Gasteiger partial charge >= 0.3 is 0 Å². The zero-order chi connectivity index (χ0) is 26.3. The molecule has 1 aromatic heterocycles. The fraction of sp³-hybridized carbons (Fsp3) is 0.304. The van der Waals surface area contributed by atoms with Crippen molar-refractivity contribution in [2.45, 2.75) is 11.4 Å². The highest BCUT2D eigenvalue weighted by molar-refractivity contribution is 7.89. The molecule has 0 unspecified atom stereocenters. The molecule has 0 aliphatic rings. The maximum atomic E-state index is 14.4. The molecule has 0 fully saturated rings. The molecule has 0 radical (unpaired) electrons. The Morgan fingerprint density at radius 3 is 2.39 bits per heavy atom. The molecule has 0 bridgehead atoms. The smallest absolute Gasteiger partial charge is 0.257 e. The Hall–Kier alpha value is -2.87. The second-order valence-corrected chi connectivity index (χ2v) is 10.0. The first-order valence-electron chi connectivity index (χ1n) is 11.0. The highest BCUT2D eigenvalue weighted by Crippen LogP contribution is 2.21. The van der Waals surface area contributed by atoms with Gasteiger partial charge in [-0.1, -0.05) is 23.7 Å². The number of aromatic nitrogens is 1. The van der Waals surface area contributed by atoms with E-state index in [-0.39, 0.29) is 62.4 Å². The lowest BCUT2D eigenvalue weighted by Gasteiger charge is -2.20. The van der Waals surface area contributed by atoms with Crippen LogP contribution >= 0.6 is 11.6 Å². The van der Waals surface area contributed by atoms with Gasteiger partial charge in [-0.05, 0) is 29.8 Å². The van der Waals surface area contributed by atoms with E-state index >= 15 is 0 Å². The average Bonchev–Trinajstić information content (AvgIpc) is 2.84. The molecule has 0 saturated carbocycles. The van der Waals surface area contributed by atoms with Gasteiger partial charge in [-0.3, -0.25) is 14.5 Å². The molecule has 0 spiro atoms. The largest absolute Gasteiger partial charge is 0.395 e. The van der Waals surface area contributed by atoms with Gasteiger partial charge in [0.15, 0.2) is 0 Å². The van der Waals surface area contributed by atoms with Crippen molar-refractivity contribution in [2.24, 2.45) is 0 Å². The van der Waals surface area contributed by atoms with Gasteiger partial charge in [-0.15, -0.1) is 0 Å². The molecule has 0 saturated heterocycles. The van der Waals surface area contributed by atoms with E-state index in [9.17, 15) is 22.4 Å². The molecule has 1 amide bonds. The lowest BCUT2D eigenvalue weighted by Crippen LogP contribution is -2.38. The van der Waals surface area contributed by atoms with Gasteiger partial charge in [0.05, 0.1) is 24.1 Å². The number of hydrogen-bond acceptors (Lipinski definition) is 7. The lowest BCUT2D eigenvalue weighted by atomic mass is 10.1. The summed E-state index contributed by atoms with van der Waals surface area (Å²) in [5.41, 5.74) is -0.537. The third kappa shape index (κ3) is 6.87. The SMILES string of the molecule is O=C(NCc1ccc(Cl)cc1)c1c[nH]c2c(S(=O)(=O)NCCN(CCO)CCO)cc(F)cc2c1=O. The summed E-state index contributed by atoms with van der Waals surface area (Å²) in [6.45, 7) is 0.348. The molecular formula is C23H26ClFN4O6S. The zero-order valence-electron chi connectivity index (χ0n) is 19.1. The van der Waals surface area contributed by atoms with Crippen LogP contribution in [0.2, 0.25) is 5.02 Å². The van der Waals surface area contributed by atoms with E-state index in [1.54, 1.807) is 29.2 Å². The first-order chi connectivity index (χ1) is 17.2. The van der Waals surface area contributed by atoms with Gasteiger partial charge in [0.2, 0.25) is 15.5 Å². The van der Waals surface area contributed by atoms with E-state index in [1.807, 2.05) is 0 Å². The number of rotatable bonds is 12. The van der Waals surface area contributed by atoms with Gasteiger partial charge in [0.1, 0.15) is 16.3 Å². The Morgan fingerprint density at radius 1 is 1.08 bits per heavy atom. The minimum absolute atomic E-state index is 0.0875. The van der Waals surface area contributed by atoms with Crippen molar-refractivity contribution in [2.75, 3.05) is 39.4 Å². The molecule has 2 aromatic carbocycles. The van der Waals surface area contributed by atoms with Crippen molar-refractivity contribution < 1.29 is 27.8 Å². The van der Waals surface area contributed by atoms with Crippen LogP contribution < -0.4 is 15.5 Å².